The van der Waals surface area contributed by atoms with E-state index in [1.54, 1.807) is 0 Å². The fraction of sp³-hybridized carbons (Fsp3) is 0.643. The first kappa shape index (κ1) is 18.3. The number of aliphatic hydroxyl groups is 3. The molecule has 4 atom stereocenters. The number of aromatic nitrogens is 2. The smallest absolute Gasteiger partial charge is 0.269 e. The molecule has 1 aliphatic heterocycles. The lowest BCUT2D eigenvalue weighted by Crippen LogP contribution is -2.34. The minimum Gasteiger partial charge on any atom is -0.394 e. The molecular weight excluding hydrogens is 320 g/mol. The van der Waals surface area contributed by atoms with E-state index in [9.17, 15) is 24.9 Å². The third-order valence-corrected chi connectivity index (χ3v) is 3.98. The van der Waals surface area contributed by atoms with Crippen molar-refractivity contribution in [2.75, 3.05) is 6.61 Å². The zero-order valence-corrected chi connectivity index (χ0v) is 13.3. The Labute approximate surface area is 138 Å². The molecule has 7 N–H and O–H groups in total. The number of carbonyl (C=O) groups excluding carboxylic acids is 2. The highest BCUT2D eigenvalue weighted by atomic mass is 16.6. The standard InChI is InChI=1S/C14H22N4O6/c1-2-3-4-7-17-8(12(15)22)9(13(16)23)18(7)14-11(21)10(20)6(5-19)24-14/h6,10-11,14,19-21H,2-5H2,1H3,(H2,15,22)(H2,16,23)/t6-,10-,11-,14-/m1/s1. The molecule has 134 valence electrons. The van der Waals surface area contributed by atoms with Crippen molar-refractivity contribution in [1.29, 1.82) is 0 Å². The summed E-state index contributed by atoms with van der Waals surface area (Å²) in [5.41, 5.74) is 10.0. The molecule has 1 aliphatic rings. The van der Waals surface area contributed by atoms with Gasteiger partial charge in [0.25, 0.3) is 11.8 Å². The summed E-state index contributed by atoms with van der Waals surface area (Å²) in [7, 11) is 0. The number of hydrogen-bond donors (Lipinski definition) is 5. The lowest BCUT2D eigenvalue weighted by Gasteiger charge is -2.20. The van der Waals surface area contributed by atoms with Gasteiger partial charge in [-0.25, -0.2) is 4.98 Å². The maximum absolute atomic E-state index is 11.8. The molecule has 0 aliphatic carbocycles. The van der Waals surface area contributed by atoms with Crippen LogP contribution in [0.15, 0.2) is 0 Å². The molecule has 2 heterocycles. The van der Waals surface area contributed by atoms with Gasteiger partial charge in [0.2, 0.25) is 0 Å². The van der Waals surface area contributed by atoms with Crippen LogP contribution in [0.5, 0.6) is 0 Å². The molecule has 1 fully saturated rings. The Morgan fingerprint density at radius 3 is 2.38 bits per heavy atom. The topological polar surface area (TPSA) is 174 Å². The number of aliphatic hydroxyl groups excluding tert-OH is 3. The highest BCUT2D eigenvalue weighted by Crippen LogP contribution is 2.32. The van der Waals surface area contributed by atoms with Crippen LogP contribution in [0.4, 0.5) is 0 Å². The quantitative estimate of drug-likeness (QED) is 0.382. The van der Waals surface area contributed by atoms with E-state index in [-0.39, 0.29) is 17.2 Å². The van der Waals surface area contributed by atoms with E-state index in [4.69, 9.17) is 16.2 Å². The molecule has 0 spiro atoms. The number of unbranched alkanes of at least 4 members (excludes halogenated alkanes) is 1. The molecule has 1 aromatic heterocycles. The van der Waals surface area contributed by atoms with Gasteiger partial charge in [-0.3, -0.25) is 14.2 Å². The Kier molecular flexibility index (Phi) is 5.54. The summed E-state index contributed by atoms with van der Waals surface area (Å²) < 4.78 is 6.63. The molecule has 0 saturated carbocycles. The molecule has 10 nitrogen and oxygen atoms in total. The molecule has 24 heavy (non-hydrogen) atoms. The number of carbonyl (C=O) groups is 2. The Morgan fingerprint density at radius 2 is 1.92 bits per heavy atom. The fourth-order valence-corrected chi connectivity index (χ4v) is 2.76. The van der Waals surface area contributed by atoms with Crippen molar-refractivity contribution in [3.05, 3.63) is 17.2 Å². The Balaban J connectivity index is 2.57. The number of nitrogens with two attached hydrogens (primary N) is 2. The van der Waals surface area contributed by atoms with E-state index in [1.807, 2.05) is 6.92 Å². The Morgan fingerprint density at radius 1 is 1.25 bits per heavy atom. The van der Waals surface area contributed by atoms with Crippen molar-refractivity contribution < 1.29 is 29.6 Å². The summed E-state index contributed by atoms with van der Waals surface area (Å²) in [6.45, 7) is 1.42. The summed E-state index contributed by atoms with van der Waals surface area (Å²) in [6, 6.07) is 0. The normalized spacial score (nSPS) is 26.7. The lowest BCUT2D eigenvalue weighted by molar-refractivity contribution is -0.0547. The van der Waals surface area contributed by atoms with E-state index in [0.29, 0.717) is 12.8 Å². The van der Waals surface area contributed by atoms with Crippen LogP contribution in [0.25, 0.3) is 0 Å². The average Bonchev–Trinajstić information content (AvgIpc) is 3.04. The SMILES string of the molecule is CCCCc1nc(C(N)=O)c(C(N)=O)n1[C@@H]1O[C@H](CO)[C@@H](O)[C@H]1O. The van der Waals surface area contributed by atoms with Gasteiger partial charge in [0.15, 0.2) is 11.9 Å². The number of imidazole rings is 1. The van der Waals surface area contributed by atoms with Gasteiger partial charge in [-0.15, -0.1) is 0 Å². The number of aryl methyl sites for hydroxylation is 1. The molecule has 0 unspecified atom stereocenters. The second-order valence-electron chi connectivity index (χ2n) is 5.66. The third kappa shape index (κ3) is 3.13. The lowest BCUT2D eigenvalue weighted by atomic mass is 10.1. The summed E-state index contributed by atoms with van der Waals surface area (Å²) >= 11 is 0. The van der Waals surface area contributed by atoms with Gasteiger partial charge in [0, 0.05) is 6.42 Å². The van der Waals surface area contributed by atoms with E-state index in [0.717, 1.165) is 6.42 Å². The zero-order valence-electron chi connectivity index (χ0n) is 13.3. The van der Waals surface area contributed by atoms with Crippen LogP contribution in [-0.2, 0) is 11.2 Å². The molecule has 1 aromatic rings. The zero-order chi connectivity index (χ0) is 18.0. The second kappa shape index (κ2) is 7.26. The number of primary amides is 2. The molecule has 1 saturated heterocycles. The molecule has 2 rings (SSSR count). The minimum absolute atomic E-state index is 0.286. The summed E-state index contributed by atoms with van der Waals surface area (Å²) in [5.74, 6) is -1.61. The first-order valence-electron chi connectivity index (χ1n) is 7.66. The van der Waals surface area contributed by atoms with Gasteiger partial charge in [-0.2, -0.15) is 0 Å². The third-order valence-electron chi connectivity index (χ3n) is 3.98. The minimum atomic E-state index is -1.43. The number of amides is 2. The molecule has 10 heteroatoms. The van der Waals surface area contributed by atoms with Gasteiger partial charge < -0.3 is 31.5 Å². The maximum atomic E-state index is 11.8. The van der Waals surface area contributed by atoms with Crippen molar-refractivity contribution in [2.45, 2.75) is 50.7 Å². The predicted molar refractivity (Wildman–Crippen MR) is 80.9 cm³/mol. The number of rotatable bonds is 7. The Bertz CT molecular complexity index is 631. The number of ether oxygens (including phenoxy) is 1. The van der Waals surface area contributed by atoms with Crippen LogP contribution in [0.3, 0.4) is 0 Å². The van der Waals surface area contributed by atoms with E-state index in [2.05, 4.69) is 4.98 Å². The maximum Gasteiger partial charge on any atom is 0.269 e. The Hall–Kier alpha value is -2.01. The van der Waals surface area contributed by atoms with Crippen LogP contribution >= 0.6 is 0 Å². The summed E-state index contributed by atoms with van der Waals surface area (Å²) in [6.07, 6.45) is -3.15. The highest BCUT2D eigenvalue weighted by Gasteiger charge is 2.45. The van der Waals surface area contributed by atoms with E-state index < -0.39 is 43.0 Å². The largest absolute Gasteiger partial charge is 0.394 e. The van der Waals surface area contributed by atoms with Crippen LogP contribution in [0.1, 0.15) is 52.8 Å². The van der Waals surface area contributed by atoms with E-state index in [1.165, 1.54) is 4.57 Å². The predicted octanol–water partition coefficient (Wildman–Crippen LogP) is -1.96. The first-order valence-corrected chi connectivity index (χ1v) is 7.66. The molecule has 0 radical (unpaired) electrons. The first-order chi connectivity index (χ1) is 11.3. The van der Waals surface area contributed by atoms with Crippen molar-refractivity contribution in [2.24, 2.45) is 11.5 Å². The number of nitrogens with zero attached hydrogens (tertiary/aromatic N) is 2. The molecule has 2 amide bonds. The second-order valence-corrected chi connectivity index (χ2v) is 5.66. The van der Waals surface area contributed by atoms with Crippen LogP contribution in [-0.4, -0.2) is 61.6 Å². The molecule has 0 bridgehead atoms. The van der Waals surface area contributed by atoms with Crippen molar-refractivity contribution >= 4 is 11.8 Å². The van der Waals surface area contributed by atoms with Crippen LogP contribution < -0.4 is 11.5 Å². The van der Waals surface area contributed by atoms with Gasteiger partial charge in [-0.05, 0) is 6.42 Å². The van der Waals surface area contributed by atoms with Gasteiger partial charge in [0.05, 0.1) is 6.61 Å². The van der Waals surface area contributed by atoms with Gasteiger partial charge in [0.1, 0.15) is 29.8 Å². The summed E-state index contributed by atoms with van der Waals surface area (Å²) in [4.78, 5) is 27.5. The highest BCUT2D eigenvalue weighted by molar-refractivity contribution is 6.04. The summed E-state index contributed by atoms with van der Waals surface area (Å²) in [5, 5.41) is 29.4. The molecule has 0 aromatic carbocycles. The van der Waals surface area contributed by atoms with Gasteiger partial charge >= 0.3 is 0 Å². The molecular formula is C14H22N4O6. The van der Waals surface area contributed by atoms with Crippen LogP contribution in [0, 0.1) is 0 Å². The average molecular weight is 342 g/mol. The van der Waals surface area contributed by atoms with Crippen LogP contribution in [0.2, 0.25) is 0 Å². The fourth-order valence-electron chi connectivity index (χ4n) is 2.76. The van der Waals surface area contributed by atoms with Crippen molar-refractivity contribution in [1.82, 2.24) is 9.55 Å². The van der Waals surface area contributed by atoms with Gasteiger partial charge in [-0.1, -0.05) is 13.3 Å². The van der Waals surface area contributed by atoms with E-state index >= 15 is 0 Å². The van der Waals surface area contributed by atoms with Crippen molar-refractivity contribution in [3.63, 3.8) is 0 Å². The van der Waals surface area contributed by atoms with Crippen molar-refractivity contribution in [3.8, 4) is 0 Å². The number of hydrogen-bond acceptors (Lipinski definition) is 7. The monoisotopic (exact) mass is 342 g/mol.